The van der Waals surface area contributed by atoms with Gasteiger partial charge in [-0.2, -0.15) is 0 Å². The average molecular weight is 426 g/mol. The van der Waals surface area contributed by atoms with E-state index in [-0.39, 0.29) is 5.83 Å². The summed E-state index contributed by atoms with van der Waals surface area (Å²) in [5, 5.41) is 9.52. The first-order valence-corrected chi connectivity index (χ1v) is 11.1. The number of carbonyl (C=O) groups is 1. The lowest BCUT2D eigenvalue weighted by Gasteiger charge is -2.32. The van der Waals surface area contributed by atoms with E-state index in [4.69, 9.17) is 9.47 Å². The zero-order chi connectivity index (χ0) is 21.6. The molecule has 1 N–H and O–H groups in total. The molecule has 1 aromatic rings. The fourth-order valence-electron chi connectivity index (χ4n) is 5.04. The predicted octanol–water partition coefficient (Wildman–Crippen LogP) is 4.84. The molecule has 2 aliphatic heterocycles. The van der Waals surface area contributed by atoms with Crippen LogP contribution in [0.15, 0.2) is 47.0 Å². The van der Waals surface area contributed by atoms with Gasteiger partial charge in [0.25, 0.3) is 0 Å². The van der Waals surface area contributed by atoms with E-state index < -0.39 is 11.4 Å². The molecule has 0 amide bonds. The summed E-state index contributed by atoms with van der Waals surface area (Å²) in [5.74, 6) is 0.876. The van der Waals surface area contributed by atoms with Crippen molar-refractivity contribution in [2.45, 2.75) is 45.1 Å². The lowest BCUT2D eigenvalue weighted by atomic mass is 9.84. The molecule has 2 fully saturated rings. The number of fused-ring (bicyclic) bond motifs is 1. The molecule has 0 unspecified atom stereocenters. The molecule has 0 aromatic heterocycles. The number of likely N-dealkylation sites (tertiary alicyclic amines) is 1. The van der Waals surface area contributed by atoms with Crippen LogP contribution in [0.25, 0.3) is 5.57 Å². The fourth-order valence-corrected chi connectivity index (χ4v) is 5.04. The minimum Gasteiger partial charge on any atom is -0.497 e. The van der Waals surface area contributed by atoms with Crippen molar-refractivity contribution in [1.82, 2.24) is 4.90 Å². The van der Waals surface area contributed by atoms with Gasteiger partial charge in [0.2, 0.25) is 0 Å². The first-order valence-electron chi connectivity index (χ1n) is 11.1. The summed E-state index contributed by atoms with van der Waals surface area (Å²) in [4.78, 5) is 13.9. The second-order valence-electron chi connectivity index (χ2n) is 9.08. The monoisotopic (exact) mass is 425 g/mol. The Kier molecular flexibility index (Phi) is 5.13. The second-order valence-corrected chi connectivity index (χ2v) is 9.08. The Hall–Kier alpha value is -2.60. The van der Waals surface area contributed by atoms with Gasteiger partial charge in [0, 0.05) is 43.6 Å². The van der Waals surface area contributed by atoms with Gasteiger partial charge in [0.05, 0.1) is 12.5 Å². The van der Waals surface area contributed by atoms with Crippen molar-refractivity contribution in [3.63, 3.8) is 0 Å². The highest BCUT2D eigenvalue weighted by atomic mass is 19.1. The summed E-state index contributed by atoms with van der Waals surface area (Å²) in [6.45, 7) is 2.74. The smallest absolute Gasteiger partial charge is 0.310 e. The Morgan fingerprint density at radius 1 is 1.23 bits per heavy atom. The molecule has 1 saturated carbocycles. The van der Waals surface area contributed by atoms with Gasteiger partial charge in [0.15, 0.2) is 0 Å². The summed E-state index contributed by atoms with van der Waals surface area (Å²) in [6, 6.07) is 6.02. The highest BCUT2D eigenvalue weighted by Crippen LogP contribution is 2.48. The topological polar surface area (TPSA) is 59.0 Å². The van der Waals surface area contributed by atoms with E-state index in [0.29, 0.717) is 26.0 Å². The van der Waals surface area contributed by atoms with Crippen molar-refractivity contribution in [3.05, 3.63) is 58.1 Å². The van der Waals surface area contributed by atoms with E-state index >= 15 is 0 Å². The number of ether oxygens (including phenoxy) is 2. The number of hydrogen-bond donors (Lipinski definition) is 1. The highest BCUT2D eigenvalue weighted by Gasteiger charge is 2.51. The van der Waals surface area contributed by atoms with Crippen LogP contribution < -0.4 is 4.74 Å². The van der Waals surface area contributed by atoms with E-state index in [9.17, 15) is 14.3 Å². The number of halogens is 1. The van der Waals surface area contributed by atoms with Crippen LogP contribution in [0.4, 0.5) is 4.39 Å². The number of allylic oxidation sites excluding steroid dienone is 5. The Morgan fingerprint density at radius 2 is 2.00 bits per heavy atom. The maximum atomic E-state index is 14.3. The number of nitrogens with zero attached hydrogens (tertiary/aromatic N) is 1. The highest BCUT2D eigenvalue weighted by molar-refractivity contribution is 5.87. The van der Waals surface area contributed by atoms with Crippen molar-refractivity contribution < 1.29 is 23.8 Å². The van der Waals surface area contributed by atoms with E-state index in [1.807, 2.05) is 12.1 Å². The van der Waals surface area contributed by atoms with Crippen molar-refractivity contribution >= 4 is 11.5 Å². The normalized spacial score (nSPS) is 22.7. The molecule has 5 nitrogen and oxygen atoms in total. The number of aliphatic carboxylic acids is 1. The molecule has 5 rings (SSSR count). The van der Waals surface area contributed by atoms with Crippen LogP contribution in [0.3, 0.4) is 0 Å². The quantitative estimate of drug-likeness (QED) is 0.748. The molecular weight excluding hydrogens is 397 g/mol. The minimum atomic E-state index is -0.668. The standard InChI is InChI=1S/C25H28FNO4/c1-30-19-3-4-20-17(12-19)14-31-22-5-2-18(26)13-21(22)23(20)16-6-10-27(11-7-16)15-25(8-9-25)24(28)29/h3-4,12-13H,2,5-11,14-15H2,1H3,(H,28,29). The van der Waals surface area contributed by atoms with Gasteiger partial charge in [-0.1, -0.05) is 11.6 Å². The Balaban J connectivity index is 1.49. The van der Waals surface area contributed by atoms with E-state index in [1.165, 1.54) is 5.57 Å². The molecule has 1 saturated heterocycles. The summed E-state index contributed by atoms with van der Waals surface area (Å²) in [5.41, 5.74) is 4.88. The zero-order valence-corrected chi connectivity index (χ0v) is 17.9. The van der Waals surface area contributed by atoms with Crippen LogP contribution in [0.1, 0.15) is 49.7 Å². The SMILES string of the molecule is COc1ccc2c(c1)COC1=C(C=C(F)CC1)C2=C1CCN(CC2(C(=O)O)CC2)CC1. The molecule has 0 atom stereocenters. The van der Waals surface area contributed by atoms with Gasteiger partial charge in [0.1, 0.15) is 23.9 Å². The maximum absolute atomic E-state index is 14.3. The molecule has 2 aliphatic carbocycles. The fraction of sp³-hybridized carbons (Fsp3) is 0.480. The Labute approximate surface area is 181 Å². The molecular formula is C25H28FNO4. The number of carboxylic acids is 1. The summed E-state index contributed by atoms with van der Waals surface area (Å²) in [6.07, 6.45) is 5.86. The third kappa shape index (κ3) is 3.78. The van der Waals surface area contributed by atoms with Crippen LogP contribution in [-0.2, 0) is 16.1 Å². The number of hydrogen-bond acceptors (Lipinski definition) is 4. The molecule has 1 aromatic carbocycles. The summed E-state index contributed by atoms with van der Waals surface area (Å²) >= 11 is 0. The Bertz CT molecular complexity index is 1010. The van der Waals surface area contributed by atoms with Crippen LogP contribution >= 0.6 is 0 Å². The molecule has 164 valence electrons. The maximum Gasteiger partial charge on any atom is 0.310 e. The lowest BCUT2D eigenvalue weighted by molar-refractivity contribution is -0.144. The largest absolute Gasteiger partial charge is 0.497 e. The van der Waals surface area contributed by atoms with Gasteiger partial charge >= 0.3 is 5.97 Å². The van der Waals surface area contributed by atoms with E-state index in [0.717, 1.165) is 72.6 Å². The van der Waals surface area contributed by atoms with Gasteiger partial charge in [-0.05, 0) is 55.0 Å². The van der Waals surface area contributed by atoms with Gasteiger partial charge in [-0.25, -0.2) is 4.39 Å². The van der Waals surface area contributed by atoms with Gasteiger partial charge in [-0.15, -0.1) is 0 Å². The lowest BCUT2D eigenvalue weighted by Crippen LogP contribution is -2.38. The molecule has 31 heavy (non-hydrogen) atoms. The predicted molar refractivity (Wildman–Crippen MR) is 115 cm³/mol. The number of benzene rings is 1. The number of methoxy groups -OCH3 is 1. The van der Waals surface area contributed by atoms with Crippen molar-refractivity contribution in [2.75, 3.05) is 26.7 Å². The third-order valence-electron chi connectivity index (χ3n) is 7.09. The van der Waals surface area contributed by atoms with Crippen LogP contribution in [0.5, 0.6) is 5.75 Å². The number of rotatable bonds is 4. The molecule has 0 bridgehead atoms. The number of carboxylic acid groups (broad SMARTS) is 1. The van der Waals surface area contributed by atoms with Crippen LogP contribution in [0, 0.1) is 5.41 Å². The van der Waals surface area contributed by atoms with Crippen molar-refractivity contribution in [2.24, 2.45) is 5.41 Å². The Morgan fingerprint density at radius 3 is 2.68 bits per heavy atom. The summed E-state index contributed by atoms with van der Waals surface area (Å²) in [7, 11) is 1.65. The first kappa shape index (κ1) is 20.3. The molecule has 0 spiro atoms. The minimum absolute atomic E-state index is 0.105. The summed E-state index contributed by atoms with van der Waals surface area (Å²) < 4.78 is 25.9. The molecule has 0 radical (unpaired) electrons. The molecule has 6 heteroatoms. The van der Waals surface area contributed by atoms with Gasteiger partial charge < -0.3 is 19.5 Å². The van der Waals surface area contributed by atoms with Gasteiger partial charge in [-0.3, -0.25) is 4.79 Å². The van der Waals surface area contributed by atoms with Crippen LogP contribution in [0.2, 0.25) is 0 Å². The first-order chi connectivity index (χ1) is 15.0. The third-order valence-corrected chi connectivity index (χ3v) is 7.09. The zero-order valence-electron chi connectivity index (χ0n) is 17.9. The second kappa shape index (κ2) is 7.83. The van der Waals surface area contributed by atoms with Crippen molar-refractivity contribution in [3.8, 4) is 5.75 Å². The van der Waals surface area contributed by atoms with E-state index in [2.05, 4.69) is 11.0 Å². The molecule has 2 heterocycles. The van der Waals surface area contributed by atoms with Crippen LogP contribution in [-0.4, -0.2) is 42.7 Å². The average Bonchev–Trinajstić information content (AvgIpc) is 3.57. The molecule has 4 aliphatic rings. The van der Waals surface area contributed by atoms with E-state index in [1.54, 1.807) is 13.2 Å². The van der Waals surface area contributed by atoms with Crippen molar-refractivity contribution in [1.29, 1.82) is 0 Å². The number of piperidine rings is 1.